The number of nitrogens with zero attached hydrogens (tertiary/aromatic N) is 7. The van der Waals surface area contributed by atoms with Crippen molar-refractivity contribution in [3.8, 4) is 0 Å². The summed E-state index contributed by atoms with van der Waals surface area (Å²) in [7, 11) is 5.92. The molecule has 0 bridgehead atoms. The fraction of sp³-hybridized carbons (Fsp3) is 0.841. The number of hydrogen-bond donors (Lipinski definition) is 3. The van der Waals surface area contributed by atoms with Crippen molar-refractivity contribution in [3.63, 3.8) is 0 Å². The Balaban J connectivity index is 1.92. The van der Waals surface area contributed by atoms with Gasteiger partial charge in [-0.15, -0.1) is 0 Å². The van der Waals surface area contributed by atoms with Crippen molar-refractivity contribution in [3.05, 3.63) is 0 Å². The van der Waals surface area contributed by atoms with Crippen LogP contribution in [-0.2, 0) is 52.7 Å². The van der Waals surface area contributed by atoms with Gasteiger partial charge in [0.1, 0.15) is 54.4 Å². The fourth-order valence-electron chi connectivity index (χ4n) is 12.5. The van der Waals surface area contributed by atoms with E-state index >= 15 is 19.2 Å². The van der Waals surface area contributed by atoms with Crippen LogP contribution < -0.4 is 10.6 Å². The van der Waals surface area contributed by atoms with Crippen molar-refractivity contribution >= 4 is 59.1 Å². The summed E-state index contributed by atoms with van der Waals surface area (Å²) < 4.78 is 6.29. The van der Waals surface area contributed by atoms with Crippen LogP contribution in [0.2, 0.25) is 0 Å². The summed E-state index contributed by atoms with van der Waals surface area (Å²) in [6.45, 7) is 23.1. The number of amides is 9. The van der Waals surface area contributed by atoms with Gasteiger partial charge < -0.3 is 54.8 Å². The Bertz CT molecular complexity index is 2260. The van der Waals surface area contributed by atoms with Gasteiger partial charge in [-0.25, -0.2) is 4.79 Å². The lowest BCUT2D eigenvalue weighted by molar-refractivity contribution is -0.171. The van der Waals surface area contributed by atoms with Crippen LogP contribution in [0.5, 0.6) is 0 Å². The SMILES string of the molecule is CC[C@H](C)[C@H]1C(=O)O[C@H](CCC(C)C)C(=O)N2CCCC[C@H]2C(=O)N[C@@H](CCC(C)C)C(=O)N(C)[C@@H](CCC(C)C)C(=O)N(C)[C@@H]([C@@H](C)O)C(=O)N2CCCC[C@H]2C(=O)N(C)[C@@H](CCC(C)C)C(=O)N[C@@H](C)C(=O)N2CCCC[C@H]2C(=O)N1C. The van der Waals surface area contributed by atoms with Crippen LogP contribution in [0.1, 0.15) is 199 Å². The van der Waals surface area contributed by atoms with Crippen molar-refractivity contribution in [2.75, 3.05) is 47.8 Å². The lowest BCUT2D eigenvalue weighted by atomic mass is 9.94. The van der Waals surface area contributed by atoms with Gasteiger partial charge in [-0.1, -0.05) is 75.7 Å². The average molecular weight is 1180 g/mol. The van der Waals surface area contributed by atoms with E-state index in [0.717, 1.165) is 4.90 Å². The molecule has 3 N–H and O–H groups in total. The van der Waals surface area contributed by atoms with Crippen molar-refractivity contribution < 1.29 is 57.8 Å². The van der Waals surface area contributed by atoms with Gasteiger partial charge in [0, 0.05) is 47.8 Å². The summed E-state index contributed by atoms with van der Waals surface area (Å²) in [6, 6.07) is -10.3. The first kappa shape index (κ1) is 71.1. The number of nitrogens with one attached hydrogen (secondary N) is 2. The average Bonchev–Trinajstić information content (AvgIpc) is 3.05. The summed E-state index contributed by atoms with van der Waals surface area (Å²) in [5, 5.41) is 17.4. The quantitative estimate of drug-likeness (QED) is 0.172. The van der Waals surface area contributed by atoms with Crippen LogP contribution in [0, 0.1) is 29.6 Å². The Labute approximate surface area is 502 Å². The number of aliphatic hydroxyl groups is 1. The van der Waals surface area contributed by atoms with E-state index in [9.17, 15) is 33.9 Å². The molecule has 4 rings (SSSR count). The van der Waals surface area contributed by atoms with Gasteiger partial charge in [0.05, 0.1) is 6.10 Å². The minimum absolute atomic E-state index is 0.0913. The van der Waals surface area contributed by atoms with E-state index in [0.29, 0.717) is 70.6 Å². The molecule has 0 aliphatic carbocycles. The topological polar surface area (TPSA) is 247 Å². The van der Waals surface area contributed by atoms with Crippen molar-refractivity contribution in [2.45, 2.75) is 265 Å². The Kier molecular flexibility index (Phi) is 27.9. The highest BCUT2D eigenvalue weighted by molar-refractivity contribution is 5.99. The zero-order valence-corrected chi connectivity index (χ0v) is 54.2. The normalized spacial score (nSPS) is 28.8. The third kappa shape index (κ3) is 18.6. The number of aliphatic hydroxyl groups excluding tert-OH is 1. The third-order valence-electron chi connectivity index (χ3n) is 18.1. The minimum atomic E-state index is -1.49. The van der Waals surface area contributed by atoms with Crippen LogP contribution in [0.15, 0.2) is 0 Å². The molecule has 84 heavy (non-hydrogen) atoms. The highest BCUT2D eigenvalue weighted by atomic mass is 16.6. The predicted octanol–water partition coefficient (Wildman–Crippen LogP) is 5.52. The summed E-state index contributed by atoms with van der Waals surface area (Å²) in [5.74, 6) is -5.96. The summed E-state index contributed by atoms with van der Waals surface area (Å²) in [4.78, 5) is 159. The van der Waals surface area contributed by atoms with E-state index in [1.807, 2.05) is 69.2 Å². The molecule has 4 aliphatic rings. The minimum Gasteiger partial charge on any atom is -0.451 e. The number of piperidine rings is 3. The number of likely N-dealkylation sites (N-methyl/N-ethyl adjacent to an activating group) is 4. The molecule has 478 valence electrons. The Morgan fingerprint density at radius 3 is 1.39 bits per heavy atom. The number of rotatable bonds is 15. The monoisotopic (exact) mass is 1180 g/mol. The predicted molar refractivity (Wildman–Crippen MR) is 321 cm³/mol. The smallest absolute Gasteiger partial charge is 0.329 e. The molecular weight excluding hydrogens is 1070 g/mol. The number of carbonyl (C=O) groups excluding carboxylic acids is 10. The van der Waals surface area contributed by atoms with E-state index in [1.54, 1.807) is 0 Å². The van der Waals surface area contributed by atoms with Gasteiger partial charge in [-0.05, 0) is 153 Å². The molecule has 21 heteroatoms. The molecule has 4 heterocycles. The molecule has 4 aliphatic heterocycles. The van der Waals surface area contributed by atoms with E-state index in [2.05, 4.69) is 10.6 Å². The summed E-state index contributed by atoms with van der Waals surface area (Å²) in [5.41, 5.74) is 0. The number of ether oxygens (including phenoxy) is 1. The number of carbonyl (C=O) groups is 10. The Hall–Kier alpha value is -5.34. The number of cyclic esters (lactones) is 1. The van der Waals surface area contributed by atoms with Crippen molar-refractivity contribution in [1.82, 2.24) is 44.9 Å². The molecule has 0 aromatic heterocycles. The molecule has 0 unspecified atom stereocenters. The molecule has 0 spiro atoms. The number of hydrogen-bond acceptors (Lipinski definition) is 12. The first-order valence-corrected chi connectivity index (χ1v) is 31.9. The van der Waals surface area contributed by atoms with E-state index in [4.69, 9.17) is 4.74 Å². The first-order chi connectivity index (χ1) is 39.5. The lowest BCUT2D eigenvalue weighted by Gasteiger charge is -2.43. The number of esters is 1. The van der Waals surface area contributed by atoms with Gasteiger partial charge in [0.2, 0.25) is 47.3 Å². The molecule has 4 fully saturated rings. The standard InChI is InChI=1S/C63H109N9O12/c1-17-42(10)52-63(83)84-51(34-30-41(8)9)61(81)70-35-21-18-24-47(70)55(75)65-45(31-27-38(2)3)57(77)67(14)48(33-29-40(6)7)58(78)69(16)53(44(12)73)62(82)72-37-23-20-25-49(72)59(79)66(13)46(32-28-39(4)5)54(74)64-43(11)56(76)71-36-22-19-26-50(71)60(80)68(52)15/h38-53,73H,17-37H2,1-16H3,(H,64,74)(H,65,75)/t42-,43-,44+,45-,46-,47-,48-,49-,50-,51+,52-,53-/m0/s1. The largest absolute Gasteiger partial charge is 0.451 e. The van der Waals surface area contributed by atoms with E-state index < -0.39 is 132 Å². The molecule has 4 saturated heterocycles. The second kappa shape index (κ2) is 33.0. The zero-order valence-electron chi connectivity index (χ0n) is 54.2. The first-order valence-electron chi connectivity index (χ1n) is 31.9. The van der Waals surface area contributed by atoms with Crippen molar-refractivity contribution in [2.24, 2.45) is 29.6 Å². The van der Waals surface area contributed by atoms with Crippen LogP contribution in [-0.4, -0.2) is 213 Å². The lowest BCUT2D eigenvalue weighted by Crippen LogP contribution is -2.64. The molecule has 0 aromatic carbocycles. The number of fused-ring (bicyclic) bond motifs is 3. The highest BCUT2D eigenvalue weighted by Gasteiger charge is 2.47. The molecule has 9 amide bonds. The second-order valence-corrected chi connectivity index (χ2v) is 26.6. The molecule has 0 aromatic rings. The zero-order chi connectivity index (χ0) is 63.0. The van der Waals surface area contributed by atoms with E-state index in [-0.39, 0.29) is 88.3 Å². The maximum Gasteiger partial charge on any atom is 0.329 e. The van der Waals surface area contributed by atoms with Gasteiger partial charge in [-0.2, -0.15) is 0 Å². The Morgan fingerprint density at radius 1 is 0.464 bits per heavy atom. The molecular formula is C63H109N9O12. The van der Waals surface area contributed by atoms with Crippen LogP contribution in [0.4, 0.5) is 0 Å². The van der Waals surface area contributed by atoms with E-state index in [1.165, 1.54) is 71.4 Å². The summed E-state index contributed by atoms with van der Waals surface area (Å²) in [6.07, 6.45) is 4.72. The van der Waals surface area contributed by atoms with Crippen molar-refractivity contribution in [1.29, 1.82) is 0 Å². The molecule has 0 radical (unpaired) electrons. The van der Waals surface area contributed by atoms with Crippen LogP contribution in [0.25, 0.3) is 0 Å². The Morgan fingerprint density at radius 2 is 0.893 bits per heavy atom. The maximum absolute atomic E-state index is 15.2. The second-order valence-electron chi connectivity index (χ2n) is 26.6. The third-order valence-corrected chi connectivity index (χ3v) is 18.1. The van der Waals surface area contributed by atoms with Gasteiger partial charge in [0.15, 0.2) is 6.10 Å². The maximum atomic E-state index is 15.2. The summed E-state index contributed by atoms with van der Waals surface area (Å²) >= 11 is 0. The van der Waals surface area contributed by atoms with Crippen LogP contribution in [0.3, 0.4) is 0 Å². The molecule has 0 saturated carbocycles. The fourth-order valence-corrected chi connectivity index (χ4v) is 12.5. The molecule has 12 atom stereocenters. The van der Waals surface area contributed by atoms with Crippen LogP contribution >= 0.6 is 0 Å². The molecule has 21 nitrogen and oxygen atoms in total. The van der Waals surface area contributed by atoms with Gasteiger partial charge >= 0.3 is 5.97 Å². The highest BCUT2D eigenvalue weighted by Crippen LogP contribution is 2.29. The van der Waals surface area contributed by atoms with Gasteiger partial charge in [-0.3, -0.25) is 43.2 Å². The van der Waals surface area contributed by atoms with Gasteiger partial charge in [0.25, 0.3) is 5.91 Å².